The Morgan fingerprint density at radius 2 is 2.07 bits per heavy atom. The minimum Gasteiger partial charge on any atom is -0.479 e. The molecule has 2 aliphatic rings. The van der Waals surface area contributed by atoms with Crippen LogP contribution in [-0.2, 0) is 14.3 Å². The van der Waals surface area contributed by atoms with Crippen molar-refractivity contribution in [2.45, 2.75) is 52.6 Å². The maximum Gasteiger partial charge on any atom is 0.347 e. The fourth-order valence-corrected chi connectivity index (χ4v) is 4.07. The standard InChI is InChI=1S/C23H27N3O4/c1-5-29-22(28)13(2)30-18-9-7-6-8-14(18)19-15(12-24)21(25)26-16-10-23(3,4)11-17(27)20(16)19/h6-9,13,19,26H,5,10-11,25H2,1-4H3/t13-,19-/m1/s1. The number of nitrogens with zero attached hydrogens (tertiary/aromatic N) is 1. The van der Waals surface area contributed by atoms with E-state index in [2.05, 4.69) is 11.4 Å². The topological polar surface area (TPSA) is 114 Å². The van der Waals surface area contributed by atoms with Gasteiger partial charge in [0.2, 0.25) is 0 Å². The van der Waals surface area contributed by atoms with E-state index in [1.165, 1.54) is 0 Å². The maximum atomic E-state index is 13.1. The Morgan fingerprint density at radius 3 is 2.73 bits per heavy atom. The van der Waals surface area contributed by atoms with Gasteiger partial charge >= 0.3 is 5.97 Å². The average molecular weight is 409 g/mol. The summed E-state index contributed by atoms with van der Waals surface area (Å²) in [7, 11) is 0. The summed E-state index contributed by atoms with van der Waals surface area (Å²) in [5, 5.41) is 12.9. The molecule has 1 aromatic rings. The third-order valence-corrected chi connectivity index (χ3v) is 5.35. The number of nitriles is 1. The fraction of sp³-hybridized carbons (Fsp3) is 0.435. The van der Waals surface area contributed by atoms with Crippen molar-refractivity contribution < 1.29 is 19.1 Å². The minimum absolute atomic E-state index is 0.0211. The van der Waals surface area contributed by atoms with E-state index in [1.54, 1.807) is 32.0 Å². The highest BCUT2D eigenvalue weighted by Crippen LogP contribution is 2.47. The van der Waals surface area contributed by atoms with Crippen LogP contribution < -0.4 is 15.8 Å². The Hall–Kier alpha value is -3.27. The summed E-state index contributed by atoms with van der Waals surface area (Å²) in [5.74, 6) is -0.508. The lowest BCUT2D eigenvalue weighted by molar-refractivity contribution is -0.150. The van der Waals surface area contributed by atoms with Crippen molar-refractivity contribution in [3.63, 3.8) is 0 Å². The molecule has 0 aromatic heterocycles. The van der Waals surface area contributed by atoms with Crippen LogP contribution in [0.5, 0.6) is 5.75 Å². The number of nitrogens with two attached hydrogens (primary N) is 1. The molecule has 0 unspecified atom stereocenters. The van der Waals surface area contributed by atoms with Crippen LogP contribution in [0.15, 0.2) is 46.9 Å². The van der Waals surface area contributed by atoms with Gasteiger partial charge < -0.3 is 20.5 Å². The van der Waals surface area contributed by atoms with Crippen LogP contribution >= 0.6 is 0 Å². The van der Waals surface area contributed by atoms with Crippen molar-refractivity contribution >= 4 is 11.8 Å². The zero-order chi connectivity index (χ0) is 22.1. The average Bonchev–Trinajstić information content (AvgIpc) is 2.66. The third-order valence-electron chi connectivity index (χ3n) is 5.35. The smallest absolute Gasteiger partial charge is 0.347 e. The van der Waals surface area contributed by atoms with Crippen LogP contribution in [0.1, 0.15) is 52.0 Å². The normalized spacial score (nSPS) is 21.3. The van der Waals surface area contributed by atoms with Gasteiger partial charge in [-0.25, -0.2) is 4.79 Å². The van der Waals surface area contributed by atoms with E-state index >= 15 is 0 Å². The van der Waals surface area contributed by atoms with E-state index in [0.717, 1.165) is 5.70 Å². The van der Waals surface area contributed by atoms with Gasteiger partial charge in [0.25, 0.3) is 0 Å². The van der Waals surface area contributed by atoms with Crippen LogP contribution in [0.2, 0.25) is 0 Å². The molecule has 1 aromatic carbocycles. The number of hydrogen-bond donors (Lipinski definition) is 2. The Bertz CT molecular complexity index is 984. The molecule has 1 aliphatic heterocycles. The zero-order valence-electron chi connectivity index (χ0n) is 17.7. The second-order valence-electron chi connectivity index (χ2n) is 8.38. The first-order valence-electron chi connectivity index (χ1n) is 10.0. The molecule has 0 bridgehead atoms. The number of allylic oxidation sites excluding steroid dienone is 3. The van der Waals surface area contributed by atoms with Crippen LogP contribution in [0.3, 0.4) is 0 Å². The van der Waals surface area contributed by atoms with Gasteiger partial charge in [-0.15, -0.1) is 0 Å². The first-order valence-corrected chi connectivity index (χ1v) is 10.0. The van der Waals surface area contributed by atoms with E-state index in [1.807, 2.05) is 19.9 Å². The molecule has 158 valence electrons. The first kappa shape index (κ1) is 21.4. The molecular weight excluding hydrogens is 382 g/mol. The highest BCUT2D eigenvalue weighted by atomic mass is 16.6. The van der Waals surface area contributed by atoms with Gasteiger partial charge in [0, 0.05) is 23.3 Å². The summed E-state index contributed by atoms with van der Waals surface area (Å²) in [6.07, 6.45) is 0.186. The number of hydrogen-bond acceptors (Lipinski definition) is 7. The van der Waals surface area contributed by atoms with E-state index in [4.69, 9.17) is 15.2 Å². The molecule has 0 radical (unpaired) electrons. The molecule has 0 fully saturated rings. The molecule has 3 N–H and O–H groups in total. The number of para-hydroxylation sites is 1. The van der Waals surface area contributed by atoms with Crippen LogP contribution in [0, 0.1) is 16.7 Å². The number of Topliss-reactive ketones (excluding diaryl/α,β-unsaturated/α-hetero) is 1. The summed E-state index contributed by atoms with van der Waals surface area (Å²) < 4.78 is 10.9. The lowest BCUT2D eigenvalue weighted by atomic mass is 9.69. The largest absolute Gasteiger partial charge is 0.479 e. The SMILES string of the molecule is CCOC(=O)[C@@H](C)Oc1ccccc1[C@@H]1C(C#N)=C(N)NC2=C1C(=O)CC(C)(C)C2. The Morgan fingerprint density at radius 1 is 1.37 bits per heavy atom. The third kappa shape index (κ3) is 4.04. The van der Waals surface area contributed by atoms with Gasteiger partial charge in [-0.3, -0.25) is 4.79 Å². The maximum absolute atomic E-state index is 13.1. The molecular formula is C23H27N3O4. The van der Waals surface area contributed by atoms with Crippen molar-refractivity contribution in [2.75, 3.05) is 6.61 Å². The summed E-state index contributed by atoms with van der Waals surface area (Å²) in [6, 6.07) is 9.26. The number of benzene rings is 1. The number of rotatable bonds is 5. The number of carbonyl (C=O) groups is 2. The summed E-state index contributed by atoms with van der Waals surface area (Å²) in [5.41, 5.74) is 8.15. The summed E-state index contributed by atoms with van der Waals surface area (Å²) in [4.78, 5) is 25.2. The van der Waals surface area contributed by atoms with E-state index < -0.39 is 18.0 Å². The Balaban J connectivity index is 2.09. The molecule has 3 rings (SSSR count). The molecule has 0 amide bonds. The molecule has 0 saturated carbocycles. The first-order chi connectivity index (χ1) is 14.2. The van der Waals surface area contributed by atoms with Crippen LogP contribution in [0.25, 0.3) is 0 Å². The number of ether oxygens (including phenoxy) is 2. The van der Waals surface area contributed by atoms with E-state index in [9.17, 15) is 14.9 Å². The monoisotopic (exact) mass is 409 g/mol. The predicted molar refractivity (Wildman–Crippen MR) is 111 cm³/mol. The van der Waals surface area contributed by atoms with Gasteiger partial charge in [-0.2, -0.15) is 5.26 Å². The lowest BCUT2D eigenvalue weighted by Gasteiger charge is -2.38. The van der Waals surface area contributed by atoms with Crippen molar-refractivity contribution in [1.82, 2.24) is 5.32 Å². The van der Waals surface area contributed by atoms with Crippen LogP contribution in [-0.4, -0.2) is 24.5 Å². The van der Waals surface area contributed by atoms with Gasteiger partial charge in [0.15, 0.2) is 11.9 Å². The van der Waals surface area contributed by atoms with E-state index in [0.29, 0.717) is 29.7 Å². The van der Waals surface area contributed by atoms with Crippen molar-refractivity contribution in [3.05, 3.63) is 52.5 Å². The van der Waals surface area contributed by atoms with Gasteiger partial charge in [-0.05, 0) is 31.7 Å². The minimum atomic E-state index is -0.839. The quantitative estimate of drug-likeness (QED) is 0.718. The van der Waals surface area contributed by atoms with Crippen LogP contribution in [0.4, 0.5) is 0 Å². The number of carbonyl (C=O) groups excluding carboxylic acids is 2. The molecule has 0 saturated heterocycles. The molecule has 7 heteroatoms. The highest BCUT2D eigenvalue weighted by molar-refractivity contribution is 6.00. The second kappa shape index (κ2) is 8.23. The zero-order valence-corrected chi connectivity index (χ0v) is 17.7. The van der Waals surface area contributed by atoms with Crippen molar-refractivity contribution in [3.8, 4) is 11.8 Å². The summed E-state index contributed by atoms with van der Waals surface area (Å²) >= 11 is 0. The second-order valence-corrected chi connectivity index (χ2v) is 8.38. The molecule has 7 nitrogen and oxygen atoms in total. The molecule has 30 heavy (non-hydrogen) atoms. The molecule has 1 aliphatic carbocycles. The van der Waals surface area contributed by atoms with Crippen molar-refractivity contribution in [2.24, 2.45) is 11.1 Å². The number of nitrogens with one attached hydrogen (secondary N) is 1. The van der Waals surface area contributed by atoms with Gasteiger partial charge in [-0.1, -0.05) is 32.0 Å². The predicted octanol–water partition coefficient (Wildman–Crippen LogP) is 3.04. The number of esters is 1. The highest BCUT2D eigenvalue weighted by Gasteiger charge is 2.42. The fourth-order valence-electron chi connectivity index (χ4n) is 4.07. The number of dihydropyridines is 1. The summed E-state index contributed by atoms with van der Waals surface area (Å²) in [6.45, 7) is 7.64. The molecule has 2 atom stereocenters. The lowest BCUT2D eigenvalue weighted by Crippen LogP contribution is -2.39. The van der Waals surface area contributed by atoms with Gasteiger partial charge in [0.05, 0.1) is 24.2 Å². The molecule has 1 heterocycles. The number of ketones is 1. The van der Waals surface area contributed by atoms with Crippen molar-refractivity contribution in [1.29, 1.82) is 5.26 Å². The van der Waals surface area contributed by atoms with Gasteiger partial charge in [0.1, 0.15) is 11.6 Å². The Kier molecular flexibility index (Phi) is 5.88. The molecule has 0 spiro atoms. The van der Waals surface area contributed by atoms with E-state index in [-0.39, 0.29) is 29.2 Å². The Labute approximate surface area is 176 Å².